The van der Waals surface area contributed by atoms with Crippen molar-refractivity contribution in [1.82, 2.24) is 0 Å². The number of unbranched alkanes of at least 4 members (excludes halogenated alkanes) is 1. The summed E-state index contributed by atoms with van der Waals surface area (Å²) in [5.41, 5.74) is 0. The number of thioether (sulfide) groups is 1. The fourth-order valence-corrected chi connectivity index (χ4v) is 0.782. The van der Waals surface area contributed by atoms with Crippen molar-refractivity contribution in [3.8, 4) is 0 Å². The van der Waals surface area contributed by atoms with E-state index < -0.39 is 0 Å². The Morgan fingerprint density at radius 1 is 1.55 bits per heavy atom. The Balaban J connectivity index is 3.19. The van der Waals surface area contributed by atoms with Gasteiger partial charge in [-0.25, -0.2) is 0 Å². The van der Waals surface area contributed by atoms with Gasteiger partial charge in [0.15, 0.2) is 0 Å². The molecule has 0 N–H and O–H groups in total. The Morgan fingerprint density at radius 3 is 2.82 bits per heavy atom. The lowest BCUT2D eigenvalue weighted by atomic mass is 10.3. The average Bonchev–Trinajstić information content (AvgIpc) is 2.04. The molecule has 0 unspecified atom stereocenters. The molecule has 0 bridgehead atoms. The number of thiocarbonyl (C=S) groups is 1. The molecule has 0 rings (SSSR count). The maximum Gasteiger partial charge on any atom is 0.220 e. The summed E-state index contributed by atoms with van der Waals surface area (Å²) in [4.78, 5) is 0. The van der Waals surface area contributed by atoms with Crippen LogP contribution >= 0.6 is 24.0 Å². The van der Waals surface area contributed by atoms with Crippen LogP contribution in [0.25, 0.3) is 0 Å². The van der Waals surface area contributed by atoms with E-state index in [2.05, 4.69) is 13.0 Å². The number of hydrogen-bond donors (Lipinski definition) is 0. The highest BCUT2D eigenvalue weighted by Crippen LogP contribution is 1.99. The summed E-state index contributed by atoms with van der Waals surface area (Å²) in [6.45, 7) is 2.76. The number of allylic oxidation sites excluding steroid dienone is 1. The molecule has 3 heteroatoms. The third kappa shape index (κ3) is 7.88. The van der Waals surface area contributed by atoms with Gasteiger partial charge in [-0.1, -0.05) is 37.3 Å². The molecule has 0 aromatic heterocycles. The molecule has 0 radical (unpaired) electrons. The minimum Gasteiger partial charge on any atom is -0.474 e. The first kappa shape index (κ1) is 11.0. The second-order valence-corrected chi connectivity index (χ2v) is 3.43. The number of rotatable bonds is 4. The zero-order chi connectivity index (χ0) is 8.53. The largest absolute Gasteiger partial charge is 0.474 e. The van der Waals surface area contributed by atoms with E-state index >= 15 is 0 Å². The van der Waals surface area contributed by atoms with Crippen molar-refractivity contribution in [2.24, 2.45) is 0 Å². The van der Waals surface area contributed by atoms with Crippen molar-refractivity contribution in [3.05, 3.63) is 12.2 Å². The zero-order valence-electron chi connectivity index (χ0n) is 7.00. The van der Waals surface area contributed by atoms with Crippen molar-refractivity contribution < 1.29 is 4.74 Å². The maximum atomic E-state index is 5.15. The summed E-state index contributed by atoms with van der Waals surface area (Å²) in [5.74, 6) is 0. The molecule has 0 fully saturated rings. The van der Waals surface area contributed by atoms with Gasteiger partial charge >= 0.3 is 0 Å². The highest BCUT2D eigenvalue weighted by Gasteiger charge is 1.88. The predicted octanol–water partition coefficient (Wildman–Crippen LogP) is 3.01. The van der Waals surface area contributed by atoms with Crippen LogP contribution in [0.1, 0.15) is 19.8 Å². The number of hydrogen-bond acceptors (Lipinski definition) is 3. The molecular formula is C8H14OS2. The molecule has 0 heterocycles. The molecule has 64 valence electrons. The summed E-state index contributed by atoms with van der Waals surface area (Å²) in [6, 6.07) is 0. The SMILES string of the molecule is CCC/C=C\COC(=S)SC. The van der Waals surface area contributed by atoms with Gasteiger partial charge in [-0.05, 0) is 24.9 Å². The van der Waals surface area contributed by atoms with Gasteiger partial charge in [0.1, 0.15) is 6.61 Å². The average molecular weight is 190 g/mol. The van der Waals surface area contributed by atoms with Gasteiger partial charge in [0.2, 0.25) is 4.38 Å². The Hall–Kier alpha value is -0.0200. The fourth-order valence-electron chi connectivity index (χ4n) is 0.528. The first-order valence-electron chi connectivity index (χ1n) is 3.67. The molecule has 0 aromatic carbocycles. The van der Waals surface area contributed by atoms with Crippen LogP contribution in [0.5, 0.6) is 0 Å². The van der Waals surface area contributed by atoms with E-state index in [9.17, 15) is 0 Å². The van der Waals surface area contributed by atoms with Crippen LogP contribution in [-0.2, 0) is 4.74 Å². The first-order chi connectivity index (χ1) is 5.31. The second kappa shape index (κ2) is 8.08. The molecule has 0 aliphatic rings. The molecule has 1 nitrogen and oxygen atoms in total. The highest BCUT2D eigenvalue weighted by molar-refractivity contribution is 8.22. The van der Waals surface area contributed by atoms with Gasteiger partial charge < -0.3 is 4.74 Å². The Bertz CT molecular complexity index is 132. The van der Waals surface area contributed by atoms with Crippen LogP contribution in [0.15, 0.2) is 12.2 Å². The lowest BCUT2D eigenvalue weighted by molar-refractivity contribution is 0.370. The minimum atomic E-state index is 0.611. The van der Waals surface area contributed by atoms with Gasteiger partial charge in [-0.2, -0.15) is 0 Å². The van der Waals surface area contributed by atoms with Crippen LogP contribution < -0.4 is 0 Å². The summed E-state index contributed by atoms with van der Waals surface area (Å²) in [7, 11) is 0. The smallest absolute Gasteiger partial charge is 0.220 e. The van der Waals surface area contributed by atoms with E-state index in [4.69, 9.17) is 17.0 Å². The minimum absolute atomic E-state index is 0.611. The van der Waals surface area contributed by atoms with Crippen LogP contribution in [0.3, 0.4) is 0 Å². The molecular weight excluding hydrogens is 176 g/mol. The monoisotopic (exact) mass is 190 g/mol. The van der Waals surface area contributed by atoms with Gasteiger partial charge in [-0.3, -0.25) is 0 Å². The normalized spacial score (nSPS) is 10.4. The van der Waals surface area contributed by atoms with E-state index in [1.807, 2.05) is 12.3 Å². The molecule has 0 spiro atoms. The van der Waals surface area contributed by atoms with Crippen molar-refractivity contribution >= 4 is 28.4 Å². The molecule has 0 amide bonds. The maximum absolute atomic E-state index is 5.15. The van der Waals surface area contributed by atoms with E-state index in [0.29, 0.717) is 11.0 Å². The molecule has 0 aliphatic heterocycles. The zero-order valence-corrected chi connectivity index (χ0v) is 8.63. The lowest BCUT2D eigenvalue weighted by Gasteiger charge is -1.99. The Kier molecular flexibility index (Phi) is 8.07. The summed E-state index contributed by atoms with van der Waals surface area (Å²) in [6.07, 6.45) is 8.34. The lowest BCUT2D eigenvalue weighted by Crippen LogP contribution is -1.94. The van der Waals surface area contributed by atoms with Crippen LogP contribution in [0.2, 0.25) is 0 Å². The second-order valence-electron chi connectivity index (χ2n) is 2.03. The summed E-state index contributed by atoms with van der Waals surface area (Å²) >= 11 is 6.30. The summed E-state index contributed by atoms with van der Waals surface area (Å²) in [5, 5.41) is 0. The molecule has 0 atom stereocenters. The Morgan fingerprint density at radius 2 is 2.27 bits per heavy atom. The van der Waals surface area contributed by atoms with Gasteiger partial charge in [0.25, 0.3) is 0 Å². The van der Waals surface area contributed by atoms with Crippen molar-refractivity contribution in [2.75, 3.05) is 12.9 Å². The third-order valence-electron chi connectivity index (χ3n) is 1.09. The van der Waals surface area contributed by atoms with Crippen LogP contribution in [0, 0.1) is 0 Å². The van der Waals surface area contributed by atoms with Crippen molar-refractivity contribution in [3.63, 3.8) is 0 Å². The van der Waals surface area contributed by atoms with Crippen molar-refractivity contribution in [1.29, 1.82) is 0 Å². The molecule has 0 saturated heterocycles. The van der Waals surface area contributed by atoms with Gasteiger partial charge in [0, 0.05) is 0 Å². The van der Waals surface area contributed by atoms with Gasteiger partial charge in [-0.15, -0.1) is 0 Å². The van der Waals surface area contributed by atoms with E-state index in [1.165, 1.54) is 18.2 Å². The molecule has 0 aliphatic carbocycles. The van der Waals surface area contributed by atoms with E-state index in [-0.39, 0.29) is 0 Å². The predicted molar refractivity (Wildman–Crippen MR) is 56.1 cm³/mol. The number of ether oxygens (including phenoxy) is 1. The van der Waals surface area contributed by atoms with Crippen LogP contribution in [-0.4, -0.2) is 17.2 Å². The van der Waals surface area contributed by atoms with E-state index in [1.54, 1.807) is 0 Å². The first-order valence-corrected chi connectivity index (χ1v) is 5.30. The third-order valence-corrected chi connectivity index (χ3v) is 2.16. The summed E-state index contributed by atoms with van der Waals surface area (Å²) < 4.78 is 5.76. The molecule has 11 heavy (non-hydrogen) atoms. The topological polar surface area (TPSA) is 9.23 Å². The molecule has 0 aromatic rings. The highest BCUT2D eigenvalue weighted by atomic mass is 32.2. The van der Waals surface area contributed by atoms with Crippen LogP contribution in [0.4, 0.5) is 0 Å². The van der Waals surface area contributed by atoms with Crippen molar-refractivity contribution in [2.45, 2.75) is 19.8 Å². The van der Waals surface area contributed by atoms with Gasteiger partial charge in [0.05, 0.1) is 0 Å². The van der Waals surface area contributed by atoms with E-state index in [0.717, 1.165) is 6.42 Å². The quantitative estimate of drug-likeness (QED) is 0.498. The fraction of sp³-hybridized carbons (Fsp3) is 0.625. The Labute approximate surface area is 78.2 Å². The molecule has 0 saturated carbocycles. The standard InChI is InChI=1S/C8H14OS2/c1-3-4-5-6-7-9-8(10)11-2/h5-6H,3-4,7H2,1-2H3/b6-5-.